The van der Waals surface area contributed by atoms with Crippen molar-refractivity contribution in [2.45, 2.75) is 158 Å². The van der Waals surface area contributed by atoms with Crippen LogP contribution in [-0.2, 0) is 35.9 Å². The van der Waals surface area contributed by atoms with E-state index in [2.05, 4.69) is 437 Å². The maximum absolute atomic E-state index is 6.14. The van der Waals surface area contributed by atoms with Crippen molar-refractivity contribution in [3.05, 3.63) is 365 Å². The van der Waals surface area contributed by atoms with E-state index in [9.17, 15) is 0 Å². The number of H-pyrrole nitrogens is 1. The van der Waals surface area contributed by atoms with Gasteiger partial charge in [0.2, 0.25) is 0 Å². The van der Waals surface area contributed by atoms with Gasteiger partial charge in [0.15, 0.2) is 0 Å². The highest BCUT2D eigenvalue weighted by molar-refractivity contribution is 7.80. The monoisotopic (exact) mass is 1720 g/mol. The Morgan fingerprint density at radius 1 is 0.402 bits per heavy atom. The number of fused-ring (bicyclic) bond motifs is 6. The number of nitrogens with zero attached hydrogens (tertiary/aromatic N) is 7. The molecule has 11 nitrogen and oxygen atoms in total. The van der Waals surface area contributed by atoms with E-state index in [1.807, 2.05) is 24.3 Å². The Kier molecular flexibility index (Phi) is 27.6. The Morgan fingerprint density at radius 3 is 1.24 bits per heavy atom. The molecule has 21 rings (SSSR count). The van der Waals surface area contributed by atoms with E-state index in [1.54, 1.807) is 22.3 Å². The van der Waals surface area contributed by atoms with Gasteiger partial charge in [0, 0.05) is 87.7 Å². The second-order valence-electron chi connectivity index (χ2n) is 37.7. The molecule has 13 heteroatoms. The van der Waals surface area contributed by atoms with E-state index in [1.165, 1.54) is 122 Å². The van der Waals surface area contributed by atoms with E-state index < -0.39 is 7.92 Å². The highest BCUT2D eigenvalue weighted by atomic mass is 31.1. The van der Waals surface area contributed by atoms with Crippen LogP contribution in [0.3, 0.4) is 0 Å². The van der Waals surface area contributed by atoms with Gasteiger partial charge in [-0.05, 0) is 244 Å². The summed E-state index contributed by atoms with van der Waals surface area (Å²) < 4.78 is 11.6. The van der Waals surface area contributed by atoms with Gasteiger partial charge < -0.3 is 49.6 Å². The topological polar surface area (TPSA) is 92.6 Å². The SMILES string of the molecule is CC(C)(C)[C@H](N)c1nc2ccccc2[nH]1.CC(C)N1CN(CC2C3c4ccccc4C(c4ccccc43)C2CN2CN(C(C)C)c3ccccc32)c2ccccc21.CC(C)P(c1ccccc1-c1ccccc1N(C)C)C(C)C.Cc1cc2c(cc1-c1cc3c(cc1P(c1ccccc1)c1ccccc1)COC3)COC2.Cc1ccccc1-c1ccccc1N(C)C. The Bertz CT molecular complexity index is 5860. The molecule has 3 atom stereocenters. The summed E-state index contributed by atoms with van der Waals surface area (Å²) in [6.07, 6.45) is 0. The average molecular weight is 1720 g/mol. The van der Waals surface area contributed by atoms with Crippen LogP contribution < -0.4 is 56.4 Å². The lowest BCUT2D eigenvalue weighted by Crippen LogP contribution is -2.50. The maximum atomic E-state index is 6.14. The number of para-hydroxylation sites is 8. The molecule has 652 valence electrons. The van der Waals surface area contributed by atoms with Gasteiger partial charge in [0.05, 0.1) is 79.6 Å². The van der Waals surface area contributed by atoms with Crippen molar-refractivity contribution < 1.29 is 9.47 Å². The summed E-state index contributed by atoms with van der Waals surface area (Å²) in [7, 11) is 7.53. The van der Waals surface area contributed by atoms with Gasteiger partial charge in [0.1, 0.15) is 5.82 Å². The van der Waals surface area contributed by atoms with E-state index in [0.29, 0.717) is 66.9 Å². The first-order chi connectivity index (χ1) is 61.4. The van der Waals surface area contributed by atoms with Crippen molar-refractivity contribution in [2.75, 3.05) is 84.0 Å². The van der Waals surface area contributed by atoms with Crippen LogP contribution in [0.2, 0.25) is 0 Å². The molecule has 1 aromatic heterocycles. The Balaban J connectivity index is 0.000000124. The highest BCUT2D eigenvalue weighted by Crippen LogP contribution is 2.60. The van der Waals surface area contributed by atoms with E-state index in [-0.39, 0.29) is 19.4 Å². The first-order valence-electron chi connectivity index (χ1n) is 45.8. The second-order valence-corrected chi connectivity index (χ2v) is 43.2. The third-order valence-corrected chi connectivity index (χ3v) is 32.1. The number of aromatic amines is 1. The zero-order chi connectivity index (χ0) is 88.9. The molecule has 4 aliphatic heterocycles. The Morgan fingerprint density at radius 2 is 0.787 bits per heavy atom. The van der Waals surface area contributed by atoms with Crippen LogP contribution in [0.4, 0.5) is 34.1 Å². The molecule has 2 bridgehead atoms. The fourth-order valence-corrected chi connectivity index (χ4v) is 25.8. The molecule has 0 spiro atoms. The molecule has 14 aromatic rings. The molecule has 127 heavy (non-hydrogen) atoms. The number of aromatic nitrogens is 2. The number of ether oxygens (including phenoxy) is 2. The molecule has 0 saturated heterocycles. The van der Waals surface area contributed by atoms with Gasteiger partial charge in [0.25, 0.3) is 0 Å². The van der Waals surface area contributed by atoms with Crippen molar-refractivity contribution >= 4 is 82.2 Å². The van der Waals surface area contributed by atoms with Gasteiger partial charge in [-0.1, -0.05) is 293 Å². The number of hydrogen-bond acceptors (Lipinski definition) is 10. The Labute approximate surface area is 759 Å². The van der Waals surface area contributed by atoms with Crippen molar-refractivity contribution in [3.8, 4) is 33.4 Å². The van der Waals surface area contributed by atoms with Crippen molar-refractivity contribution in [1.29, 1.82) is 0 Å². The number of nitrogens with one attached hydrogen (secondary N) is 1. The largest absolute Gasteiger partial charge is 0.377 e. The van der Waals surface area contributed by atoms with Crippen molar-refractivity contribution in [1.82, 2.24) is 9.97 Å². The predicted octanol–water partition coefficient (Wildman–Crippen LogP) is 25.1. The fourth-order valence-electron chi connectivity index (χ4n) is 20.2. The van der Waals surface area contributed by atoms with Gasteiger partial charge in [-0.3, -0.25) is 0 Å². The lowest BCUT2D eigenvalue weighted by molar-refractivity contribution is 0.134. The minimum absolute atomic E-state index is 0.0217. The lowest BCUT2D eigenvalue weighted by Gasteiger charge is -2.52. The summed E-state index contributed by atoms with van der Waals surface area (Å²) >= 11 is 0. The number of benzene rings is 13. The van der Waals surface area contributed by atoms with Crippen LogP contribution in [0, 0.1) is 31.1 Å². The number of aryl methyl sites for hydroxylation is 2. The summed E-state index contributed by atoms with van der Waals surface area (Å²) in [4.78, 5) is 22.7. The molecule has 0 saturated carbocycles. The summed E-state index contributed by atoms with van der Waals surface area (Å²) in [5.74, 6) is 2.71. The van der Waals surface area contributed by atoms with E-state index in [4.69, 9.17) is 15.2 Å². The molecule has 7 aliphatic rings. The molecule has 0 radical (unpaired) electrons. The molecule has 0 amide bonds. The van der Waals surface area contributed by atoms with Crippen LogP contribution in [0.25, 0.3) is 44.4 Å². The first-order valence-corrected chi connectivity index (χ1v) is 48.6. The smallest absolute Gasteiger partial charge is 0.124 e. The van der Waals surface area contributed by atoms with Crippen LogP contribution in [0.15, 0.2) is 303 Å². The number of rotatable bonds is 18. The van der Waals surface area contributed by atoms with E-state index in [0.717, 1.165) is 49.9 Å². The van der Waals surface area contributed by atoms with Crippen molar-refractivity contribution in [2.24, 2.45) is 23.0 Å². The highest BCUT2D eigenvalue weighted by Gasteiger charge is 2.52. The normalized spacial score (nSPS) is 16.4. The fraction of sp³-hybridized carbons (Fsp3) is 0.307. The Hall–Kier alpha value is -11.1. The van der Waals surface area contributed by atoms with Crippen LogP contribution in [-0.4, -0.2) is 88.0 Å². The average Bonchev–Trinajstić information content (AvgIpc) is 1.18. The van der Waals surface area contributed by atoms with E-state index >= 15 is 0 Å². The zero-order valence-corrected chi connectivity index (χ0v) is 79.4. The molecule has 13 aromatic carbocycles. The standard InChI is InChI=1S/C38H42N4.C29H25O2P.C20H28NP.C15H17N.C12H17N3/c1-25(2)41-23-39(33-17-9-11-19-35(33)41)21-31-32(22-40-24-42(26(3)4)36-20-12-10-18-34(36)40)38-29-15-7-5-13-27(29)37(31)28-14-6-8-16-30(28)38;1-20-12-21-16-30-17-22(21)13-27(20)28-14-23-18-31-19-24(23)15-29(28)32(25-8-4-2-5-9-25)26-10-6-3-7-11-26;1-15(2)22(16(3)4)20-14-10-8-12-18(20)17-11-7-9-13-19(17)21(5)6;1-12-8-4-5-9-13(12)14-10-6-7-11-15(14)16(2)3;1-12(2,3)10(13)11-14-8-6-4-5-7-9(8)15-11/h5-20,25-26,31-32,37-38H,21-24H2,1-4H3;2-15H,16-19H2,1H3;7-16H,1-6H3;4-11H,1-3H3;4-7,10H,13H2,1-3H3,(H,14,15)/t;;;;10-/m....1/s1. The van der Waals surface area contributed by atoms with Gasteiger partial charge in [-0.25, -0.2) is 4.98 Å². The molecule has 3 aliphatic carbocycles. The van der Waals surface area contributed by atoms with Gasteiger partial charge in [-0.2, -0.15) is 0 Å². The number of nitrogens with two attached hydrogens (primary N) is 1. The molecule has 3 N–H and O–H groups in total. The molecule has 5 heterocycles. The molecule has 2 unspecified atom stereocenters. The molecule has 0 fully saturated rings. The van der Waals surface area contributed by atoms with Crippen molar-refractivity contribution in [3.63, 3.8) is 0 Å². The predicted molar refractivity (Wildman–Crippen MR) is 545 cm³/mol. The zero-order valence-electron chi connectivity index (χ0n) is 77.6. The summed E-state index contributed by atoms with van der Waals surface area (Å²) in [5, 5.41) is 5.69. The van der Waals surface area contributed by atoms with Crippen LogP contribution in [0.1, 0.15) is 155 Å². The van der Waals surface area contributed by atoms with Crippen LogP contribution in [0.5, 0.6) is 0 Å². The second kappa shape index (κ2) is 39.2. The number of hydrogen-bond donors (Lipinski definition) is 2. The first kappa shape index (κ1) is 89.3. The number of anilines is 6. The summed E-state index contributed by atoms with van der Waals surface area (Å²) in [5.41, 5.74) is 39.8. The summed E-state index contributed by atoms with van der Waals surface area (Å²) in [6, 6.07) is 112. The third kappa shape index (κ3) is 19.0. The molecular formula is C114H129N9O2P2. The number of imidazole rings is 1. The summed E-state index contributed by atoms with van der Waals surface area (Å²) in [6.45, 7) is 36.4. The quantitative estimate of drug-likeness (QED) is 0.0809. The van der Waals surface area contributed by atoms with Gasteiger partial charge >= 0.3 is 0 Å². The molecular weight excluding hydrogens is 1590 g/mol. The van der Waals surface area contributed by atoms with Crippen LogP contribution >= 0.6 is 15.8 Å². The minimum atomic E-state index is -0.702. The third-order valence-electron chi connectivity index (χ3n) is 26.4. The lowest BCUT2D eigenvalue weighted by atomic mass is 9.54. The maximum Gasteiger partial charge on any atom is 0.124 e. The van der Waals surface area contributed by atoms with Gasteiger partial charge in [-0.15, -0.1) is 0 Å². The minimum Gasteiger partial charge on any atom is -0.377 e.